The normalized spacial score (nSPS) is 22.8. The van der Waals surface area contributed by atoms with Crippen LogP contribution in [0.1, 0.15) is 12.0 Å². The number of ether oxygens (including phenoxy) is 1. The second-order valence-electron chi connectivity index (χ2n) is 4.88. The highest BCUT2D eigenvalue weighted by Gasteiger charge is 2.32. The fraction of sp³-hybridized carbons (Fsp3) is 0.429. The fourth-order valence-electron chi connectivity index (χ4n) is 2.56. The zero-order chi connectivity index (χ0) is 13.5. The van der Waals surface area contributed by atoms with Gasteiger partial charge in [0.15, 0.2) is 0 Å². The minimum absolute atomic E-state index is 0.0348. The van der Waals surface area contributed by atoms with E-state index in [1.165, 1.54) is 4.31 Å². The summed E-state index contributed by atoms with van der Waals surface area (Å²) in [4.78, 5) is 0.342. The van der Waals surface area contributed by atoms with Crippen molar-refractivity contribution in [3.63, 3.8) is 0 Å². The summed E-state index contributed by atoms with van der Waals surface area (Å²) in [6, 6.07) is 5.08. The molecule has 0 aromatic heterocycles. The lowest BCUT2D eigenvalue weighted by atomic mass is 10.1. The van der Waals surface area contributed by atoms with Crippen LogP contribution in [0, 0.1) is 18.3 Å². The molecule has 0 spiro atoms. The van der Waals surface area contributed by atoms with Crippen molar-refractivity contribution in [2.45, 2.75) is 17.7 Å². The third kappa shape index (κ3) is 2.11. The van der Waals surface area contributed by atoms with Gasteiger partial charge in [0.1, 0.15) is 5.75 Å². The van der Waals surface area contributed by atoms with Crippen LogP contribution in [0.25, 0.3) is 0 Å². The van der Waals surface area contributed by atoms with Gasteiger partial charge in [0.2, 0.25) is 10.0 Å². The zero-order valence-electron chi connectivity index (χ0n) is 10.5. The van der Waals surface area contributed by atoms with Gasteiger partial charge in [-0.1, -0.05) is 0 Å². The van der Waals surface area contributed by atoms with Gasteiger partial charge in [0.25, 0.3) is 0 Å². The van der Waals surface area contributed by atoms with Gasteiger partial charge in [-0.05, 0) is 30.2 Å². The largest absolute Gasteiger partial charge is 0.493 e. The first-order chi connectivity index (χ1) is 9.11. The van der Waals surface area contributed by atoms with Crippen LogP contribution >= 0.6 is 0 Å². The predicted octanol–water partition coefficient (Wildman–Crippen LogP) is 1.27. The van der Waals surface area contributed by atoms with Crippen LogP contribution in [0.5, 0.6) is 5.75 Å². The summed E-state index contributed by atoms with van der Waals surface area (Å²) >= 11 is 0. The summed E-state index contributed by atoms with van der Waals surface area (Å²) in [6.45, 7) is 1.55. The fourth-order valence-corrected chi connectivity index (χ4v) is 4.11. The SMILES string of the molecule is C#C[C@@H]1CCN(S(=O)(=O)c2ccc3c(c2)CCO3)C1. The lowest BCUT2D eigenvalue weighted by molar-refractivity contribution is 0.356. The number of rotatable bonds is 2. The number of hydrogen-bond acceptors (Lipinski definition) is 3. The first-order valence-corrected chi connectivity index (χ1v) is 7.77. The Labute approximate surface area is 113 Å². The summed E-state index contributed by atoms with van der Waals surface area (Å²) < 4.78 is 31.9. The van der Waals surface area contributed by atoms with Crippen LogP contribution in [0.15, 0.2) is 23.1 Å². The van der Waals surface area contributed by atoms with Crippen molar-refractivity contribution >= 4 is 10.0 Å². The Hall–Kier alpha value is -1.51. The van der Waals surface area contributed by atoms with Crippen LogP contribution in [0.3, 0.4) is 0 Å². The molecular weight excluding hydrogens is 262 g/mol. The van der Waals surface area contributed by atoms with Gasteiger partial charge < -0.3 is 4.74 Å². The molecule has 1 atom stereocenters. The lowest BCUT2D eigenvalue weighted by Gasteiger charge is -2.16. The average Bonchev–Trinajstić information content (AvgIpc) is 3.06. The molecule has 0 saturated carbocycles. The monoisotopic (exact) mass is 277 g/mol. The molecule has 0 radical (unpaired) electrons. The van der Waals surface area contributed by atoms with Gasteiger partial charge in [-0.3, -0.25) is 0 Å². The number of sulfonamides is 1. The van der Waals surface area contributed by atoms with Crippen molar-refractivity contribution in [3.05, 3.63) is 23.8 Å². The Kier molecular flexibility index (Phi) is 3.00. The molecular formula is C14H15NO3S. The van der Waals surface area contributed by atoms with Crippen LogP contribution in [0.2, 0.25) is 0 Å². The lowest BCUT2D eigenvalue weighted by Crippen LogP contribution is -2.28. The zero-order valence-corrected chi connectivity index (χ0v) is 11.3. The van der Waals surface area contributed by atoms with Crippen molar-refractivity contribution in [2.75, 3.05) is 19.7 Å². The van der Waals surface area contributed by atoms with E-state index in [4.69, 9.17) is 11.2 Å². The van der Waals surface area contributed by atoms with Crippen LogP contribution in [-0.4, -0.2) is 32.4 Å². The second kappa shape index (κ2) is 4.55. The summed E-state index contributed by atoms with van der Waals surface area (Å²) in [5.74, 6) is 3.46. The van der Waals surface area contributed by atoms with Gasteiger partial charge in [-0.25, -0.2) is 8.42 Å². The third-order valence-electron chi connectivity index (χ3n) is 3.69. The maximum absolute atomic E-state index is 12.5. The molecule has 1 aromatic carbocycles. The first-order valence-electron chi connectivity index (χ1n) is 6.33. The van der Waals surface area contributed by atoms with E-state index in [0.717, 1.165) is 24.2 Å². The molecule has 1 aromatic rings. The molecule has 2 heterocycles. The van der Waals surface area contributed by atoms with Gasteiger partial charge in [0, 0.05) is 25.4 Å². The van der Waals surface area contributed by atoms with E-state index in [0.29, 0.717) is 24.6 Å². The van der Waals surface area contributed by atoms with Crippen molar-refractivity contribution in [1.82, 2.24) is 4.31 Å². The molecule has 0 amide bonds. The Morgan fingerprint density at radius 3 is 3.00 bits per heavy atom. The van der Waals surface area contributed by atoms with Crippen molar-refractivity contribution in [2.24, 2.45) is 5.92 Å². The molecule has 1 saturated heterocycles. The number of nitrogens with zero attached hydrogens (tertiary/aromatic N) is 1. The summed E-state index contributed by atoms with van der Waals surface area (Å²) in [6.07, 6.45) is 6.87. The van der Waals surface area contributed by atoms with Crippen LogP contribution < -0.4 is 4.74 Å². The number of fused-ring (bicyclic) bond motifs is 1. The highest BCUT2D eigenvalue weighted by atomic mass is 32.2. The highest BCUT2D eigenvalue weighted by molar-refractivity contribution is 7.89. The molecule has 1 fully saturated rings. The molecule has 100 valence electrons. The van der Waals surface area contributed by atoms with Crippen molar-refractivity contribution in [1.29, 1.82) is 0 Å². The number of terminal acetylenes is 1. The second-order valence-corrected chi connectivity index (χ2v) is 6.82. The smallest absolute Gasteiger partial charge is 0.243 e. The molecule has 0 aliphatic carbocycles. The molecule has 0 bridgehead atoms. The van der Waals surface area contributed by atoms with Gasteiger partial charge >= 0.3 is 0 Å². The van der Waals surface area contributed by atoms with Crippen LogP contribution in [-0.2, 0) is 16.4 Å². The first kappa shape index (κ1) is 12.5. The topological polar surface area (TPSA) is 46.6 Å². The molecule has 19 heavy (non-hydrogen) atoms. The van der Waals surface area contributed by atoms with E-state index < -0.39 is 10.0 Å². The van der Waals surface area contributed by atoms with E-state index in [-0.39, 0.29) is 5.92 Å². The standard InChI is InChI=1S/C14H15NO3S/c1-2-11-5-7-15(10-11)19(16,17)13-3-4-14-12(9-13)6-8-18-14/h1,3-4,9,11H,5-8,10H2/t11-/m1/s1. The Morgan fingerprint density at radius 2 is 2.26 bits per heavy atom. The summed E-state index contributed by atoms with van der Waals surface area (Å²) in [7, 11) is -3.42. The van der Waals surface area contributed by atoms with Crippen LogP contribution in [0.4, 0.5) is 0 Å². The average molecular weight is 277 g/mol. The van der Waals surface area contributed by atoms with Gasteiger partial charge in [-0.15, -0.1) is 12.3 Å². The van der Waals surface area contributed by atoms with Gasteiger partial charge in [-0.2, -0.15) is 4.31 Å². The van der Waals surface area contributed by atoms with E-state index in [9.17, 15) is 8.42 Å². The third-order valence-corrected chi connectivity index (χ3v) is 5.55. The molecule has 0 unspecified atom stereocenters. The molecule has 5 heteroatoms. The van der Waals surface area contributed by atoms with E-state index in [1.807, 2.05) is 0 Å². The summed E-state index contributed by atoms with van der Waals surface area (Å²) in [5, 5.41) is 0. The maximum atomic E-state index is 12.5. The van der Waals surface area contributed by atoms with E-state index in [1.54, 1.807) is 18.2 Å². The Balaban J connectivity index is 1.91. The predicted molar refractivity (Wildman–Crippen MR) is 71.3 cm³/mol. The summed E-state index contributed by atoms with van der Waals surface area (Å²) in [5.41, 5.74) is 0.966. The Morgan fingerprint density at radius 1 is 1.42 bits per heavy atom. The Bertz CT molecular complexity index is 645. The molecule has 0 N–H and O–H groups in total. The van der Waals surface area contributed by atoms with Crippen molar-refractivity contribution < 1.29 is 13.2 Å². The van der Waals surface area contributed by atoms with E-state index in [2.05, 4.69) is 5.92 Å². The van der Waals surface area contributed by atoms with Crippen molar-refractivity contribution in [3.8, 4) is 18.1 Å². The minimum atomic E-state index is -3.42. The number of benzene rings is 1. The van der Waals surface area contributed by atoms with Gasteiger partial charge in [0.05, 0.1) is 11.5 Å². The molecule has 2 aliphatic heterocycles. The quantitative estimate of drug-likeness (QED) is 0.765. The highest BCUT2D eigenvalue weighted by Crippen LogP contribution is 2.30. The molecule has 3 rings (SSSR count). The maximum Gasteiger partial charge on any atom is 0.243 e. The molecule has 4 nitrogen and oxygen atoms in total. The molecule has 2 aliphatic rings. The minimum Gasteiger partial charge on any atom is -0.493 e. The number of hydrogen-bond donors (Lipinski definition) is 0. The van der Waals surface area contributed by atoms with E-state index >= 15 is 0 Å².